The number of aliphatic hydroxyl groups is 1. The first-order valence-electron chi connectivity index (χ1n) is 16.5. The molecule has 0 saturated carbocycles. The number of para-hydroxylation sites is 1. The van der Waals surface area contributed by atoms with Crippen LogP contribution in [0.5, 0.6) is 5.75 Å². The third-order valence-corrected chi connectivity index (χ3v) is 8.73. The Hall–Kier alpha value is -4.54. The van der Waals surface area contributed by atoms with E-state index in [-0.39, 0.29) is 36.5 Å². The van der Waals surface area contributed by atoms with Crippen LogP contribution in [0.2, 0.25) is 0 Å². The van der Waals surface area contributed by atoms with Crippen molar-refractivity contribution in [3.63, 3.8) is 0 Å². The van der Waals surface area contributed by atoms with Crippen LogP contribution in [-0.4, -0.2) is 58.6 Å². The number of aryl methyl sites for hydroxylation is 2. The summed E-state index contributed by atoms with van der Waals surface area (Å²) in [6.45, 7) is 7.35. The Morgan fingerprint density at radius 1 is 0.796 bits per heavy atom. The molecule has 10 heteroatoms. The Bertz CT molecular complexity index is 1650. The van der Waals surface area contributed by atoms with Gasteiger partial charge >= 0.3 is 0 Å². The Morgan fingerprint density at radius 3 is 1.98 bits per heavy atom. The number of nitrogens with zero attached hydrogens (tertiary/aromatic N) is 1. The summed E-state index contributed by atoms with van der Waals surface area (Å²) in [4.78, 5) is 44.2. The number of ether oxygens (including phenoxy) is 1. The maximum atomic E-state index is 13.8. The Balaban J connectivity index is 1.51. The smallest absolute Gasteiger partial charge is 0.270 e. The van der Waals surface area contributed by atoms with Gasteiger partial charge in [0.1, 0.15) is 17.5 Å². The molecule has 4 rings (SSSR count). The second-order valence-corrected chi connectivity index (χ2v) is 13.5. The molecule has 4 N–H and O–H groups in total. The molecule has 0 aliphatic carbocycles. The number of carbonyl (C=O) groups excluding carboxylic acids is 3. The maximum Gasteiger partial charge on any atom is 0.270 e. The van der Waals surface area contributed by atoms with E-state index in [1.54, 1.807) is 12.1 Å². The van der Waals surface area contributed by atoms with E-state index in [1.165, 1.54) is 6.20 Å². The zero-order chi connectivity index (χ0) is 35.3. The Kier molecular flexibility index (Phi) is 13.9. The van der Waals surface area contributed by atoms with E-state index in [4.69, 9.17) is 4.74 Å². The molecule has 0 fully saturated rings. The van der Waals surface area contributed by atoms with Crippen molar-refractivity contribution >= 4 is 33.7 Å². The number of halogens is 1. The van der Waals surface area contributed by atoms with Crippen molar-refractivity contribution in [2.75, 3.05) is 6.61 Å². The minimum absolute atomic E-state index is 0.142. The van der Waals surface area contributed by atoms with Gasteiger partial charge in [-0.25, -0.2) is 4.98 Å². The average Bonchev–Trinajstić information content (AvgIpc) is 3.07. The van der Waals surface area contributed by atoms with Gasteiger partial charge < -0.3 is 25.8 Å². The van der Waals surface area contributed by atoms with Gasteiger partial charge in [0.15, 0.2) is 6.61 Å². The molecule has 0 aliphatic heterocycles. The first kappa shape index (κ1) is 37.3. The van der Waals surface area contributed by atoms with E-state index in [1.807, 2.05) is 107 Å². The molecule has 3 amide bonds. The van der Waals surface area contributed by atoms with Crippen LogP contribution in [0.4, 0.5) is 0 Å². The third-order valence-electron chi connectivity index (χ3n) is 8.26. The van der Waals surface area contributed by atoms with Gasteiger partial charge in [-0.1, -0.05) is 92.7 Å². The molecule has 9 nitrogen and oxygen atoms in total. The van der Waals surface area contributed by atoms with Crippen molar-refractivity contribution in [3.05, 3.63) is 130 Å². The molecule has 49 heavy (non-hydrogen) atoms. The predicted molar refractivity (Wildman–Crippen MR) is 194 cm³/mol. The number of rotatable bonds is 16. The SMILES string of the molecule is Cc1cccc(C)c1OCC(=O)N[C@@H](Cc1ccccc1)[C@@H](O)C[C@H](Cc1ccccc1)NC(=O)[C@@H](NC(=O)c1ccc(Br)cn1)C(C)C. The second kappa shape index (κ2) is 18.3. The minimum atomic E-state index is -1.03. The van der Waals surface area contributed by atoms with Crippen LogP contribution in [0.25, 0.3) is 0 Å². The largest absolute Gasteiger partial charge is 0.483 e. The molecule has 258 valence electrons. The minimum Gasteiger partial charge on any atom is -0.483 e. The summed E-state index contributed by atoms with van der Waals surface area (Å²) < 4.78 is 6.64. The molecule has 4 aromatic rings. The van der Waals surface area contributed by atoms with Gasteiger partial charge in [-0.15, -0.1) is 0 Å². The molecule has 0 unspecified atom stereocenters. The van der Waals surface area contributed by atoms with Gasteiger partial charge in [0, 0.05) is 16.7 Å². The van der Waals surface area contributed by atoms with Crippen LogP contribution in [0.1, 0.15) is 53.0 Å². The van der Waals surface area contributed by atoms with E-state index in [0.717, 1.165) is 26.7 Å². The summed E-state index contributed by atoms with van der Waals surface area (Å²) in [5, 5.41) is 20.6. The molecule has 1 heterocycles. The number of pyridine rings is 1. The zero-order valence-electron chi connectivity index (χ0n) is 28.4. The lowest BCUT2D eigenvalue weighted by Gasteiger charge is -2.30. The Labute approximate surface area is 297 Å². The van der Waals surface area contributed by atoms with Crippen molar-refractivity contribution in [2.45, 2.75) is 71.2 Å². The van der Waals surface area contributed by atoms with Crippen molar-refractivity contribution in [3.8, 4) is 5.75 Å². The van der Waals surface area contributed by atoms with Crippen LogP contribution < -0.4 is 20.7 Å². The monoisotopic (exact) mass is 728 g/mol. The fraction of sp³-hybridized carbons (Fsp3) is 0.333. The average molecular weight is 730 g/mol. The van der Waals surface area contributed by atoms with Crippen LogP contribution in [0, 0.1) is 19.8 Å². The number of amides is 3. The number of aliphatic hydroxyl groups excluding tert-OH is 1. The highest BCUT2D eigenvalue weighted by Crippen LogP contribution is 2.22. The lowest BCUT2D eigenvalue weighted by Crippen LogP contribution is -2.54. The number of aromatic nitrogens is 1. The predicted octanol–water partition coefficient (Wildman–Crippen LogP) is 5.50. The summed E-state index contributed by atoms with van der Waals surface area (Å²) in [7, 11) is 0. The van der Waals surface area contributed by atoms with Crippen LogP contribution in [-0.2, 0) is 22.4 Å². The normalized spacial score (nSPS) is 13.5. The first-order valence-corrected chi connectivity index (χ1v) is 17.3. The van der Waals surface area contributed by atoms with Crippen LogP contribution >= 0.6 is 15.9 Å². The van der Waals surface area contributed by atoms with E-state index >= 15 is 0 Å². The molecule has 0 saturated heterocycles. The van der Waals surface area contributed by atoms with E-state index in [9.17, 15) is 19.5 Å². The van der Waals surface area contributed by atoms with E-state index in [2.05, 4.69) is 36.9 Å². The van der Waals surface area contributed by atoms with Gasteiger partial charge in [0.25, 0.3) is 11.8 Å². The first-order chi connectivity index (χ1) is 23.5. The third kappa shape index (κ3) is 11.5. The summed E-state index contributed by atoms with van der Waals surface area (Å²) in [6.07, 6.45) is 1.43. The molecular weight excluding hydrogens is 684 g/mol. The molecule has 0 aliphatic rings. The molecule has 0 bridgehead atoms. The van der Waals surface area contributed by atoms with Gasteiger partial charge in [-0.05, 0) is 89.3 Å². The summed E-state index contributed by atoms with van der Waals surface area (Å²) in [5.74, 6) is -0.778. The molecule has 0 spiro atoms. The second-order valence-electron chi connectivity index (χ2n) is 12.6. The molecule has 1 aromatic heterocycles. The zero-order valence-corrected chi connectivity index (χ0v) is 29.9. The fourth-order valence-corrected chi connectivity index (χ4v) is 5.90. The van der Waals surface area contributed by atoms with Gasteiger partial charge in [-0.2, -0.15) is 0 Å². The highest BCUT2D eigenvalue weighted by molar-refractivity contribution is 9.10. The molecule has 3 aromatic carbocycles. The number of nitrogens with one attached hydrogen (secondary N) is 3. The number of hydrogen-bond acceptors (Lipinski definition) is 6. The summed E-state index contributed by atoms with van der Waals surface area (Å²) >= 11 is 3.32. The van der Waals surface area contributed by atoms with Gasteiger partial charge in [0.2, 0.25) is 5.91 Å². The Morgan fingerprint density at radius 2 is 1.41 bits per heavy atom. The maximum absolute atomic E-state index is 13.8. The van der Waals surface area contributed by atoms with Crippen molar-refractivity contribution in [2.24, 2.45) is 5.92 Å². The van der Waals surface area contributed by atoms with Crippen molar-refractivity contribution in [1.82, 2.24) is 20.9 Å². The fourth-order valence-electron chi connectivity index (χ4n) is 5.66. The topological polar surface area (TPSA) is 130 Å². The lowest BCUT2D eigenvalue weighted by atomic mass is 9.93. The number of benzene rings is 3. The highest BCUT2D eigenvalue weighted by Gasteiger charge is 2.30. The molecular formula is C39H45BrN4O5. The number of carbonyl (C=O) groups is 3. The van der Waals surface area contributed by atoms with Gasteiger partial charge in [-0.3, -0.25) is 14.4 Å². The lowest BCUT2D eigenvalue weighted by molar-refractivity contribution is -0.126. The molecule has 0 radical (unpaired) electrons. The highest BCUT2D eigenvalue weighted by atomic mass is 79.9. The van der Waals surface area contributed by atoms with Crippen molar-refractivity contribution < 1.29 is 24.2 Å². The van der Waals surface area contributed by atoms with Crippen LogP contribution in [0.3, 0.4) is 0 Å². The summed E-state index contributed by atoms with van der Waals surface area (Å²) in [5.41, 5.74) is 3.96. The van der Waals surface area contributed by atoms with E-state index < -0.39 is 30.1 Å². The quantitative estimate of drug-likeness (QED) is 0.121. The molecule has 4 atom stereocenters. The van der Waals surface area contributed by atoms with Gasteiger partial charge in [0.05, 0.1) is 12.1 Å². The van der Waals surface area contributed by atoms with Crippen molar-refractivity contribution in [1.29, 1.82) is 0 Å². The number of hydrogen-bond donors (Lipinski definition) is 4. The summed E-state index contributed by atoms with van der Waals surface area (Å²) in [6, 6.07) is 26.3. The van der Waals surface area contributed by atoms with Crippen LogP contribution in [0.15, 0.2) is 102 Å². The standard InChI is InChI=1S/C39H45BrN4O5/c1-25(2)36(44-38(47)32-19-18-30(40)23-41-32)39(48)42-31(20-28-14-7-5-8-15-28)22-34(45)33(21-29-16-9-6-10-17-29)43-35(46)24-49-37-26(3)12-11-13-27(37)4/h5-19,23,25,31,33-34,36,45H,20-22,24H2,1-4H3,(H,42,48)(H,43,46)(H,44,47)/t31-,33-,34-,36-/m0/s1. The van der Waals surface area contributed by atoms with E-state index in [0.29, 0.717) is 18.6 Å².